The number of nitrogens with zero attached hydrogens (tertiary/aromatic N) is 1. The van der Waals surface area contributed by atoms with E-state index in [0.29, 0.717) is 18.7 Å². The zero-order chi connectivity index (χ0) is 16.1. The summed E-state index contributed by atoms with van der Waals surface area (Å²) in [5.74, 6) is 0.636. The van der Waals surface area contributed by atoms with Gasteiger partial charge < -0.3 is 10.1 Å². The minimum Gasteiger partial charge on any atom is -0.489 e. The second-order valence-electron chi connectivity index (χ2n) is 5.30. The van der Waals surface area contributed by atoms with E-state index in [1.165, 1.54) is 0 Å². The van der Waals surface area contributed by atoms with Crippen molar-refractivity contribution in [2.75, 3.05) is 13.2 Å². The molecule has 0 spiro atoms. The zero-order valence-corrected chi connectivity index (χ0v) is 13.0. The first-order chi connectivity index (χ1) is 11.2. The SMILES string of the molecule is Cc1ccc(C(=O)NCCOc2cccc3cccnc23)cc1. The Morgan fingerprint density at radius 2 is 1.87 bits per heavy atom. The Bertz CT molecular complexity index is 808. The summed E-state index contributed by atoms with van der Waals surface area (Å²) in [7, 11) is 0. The van der Waals surface area contributed by atoms with E-state index in [9.17, 15) is 4.79 Å². The van der Waals surface area contributed by atoms with Gasteiger partial charge in [0.2, 0.25) is 0 Å². The number of para-hydroxylation sites is 1. The molecule has 23 heavy (non-hydrogen) atoms. The van der Waals surface area contributed by atoms with Crippen LogP contribution in [0, 0.1) is 6.92 Å². The van der Waals surface area contributed by atoms with E-state index >= 15 is 0 Å². The highest BCUT2D eigenvalue weighted by Crippen LogP contribution is 2.22. The van der Waals surface area contributed by atoms with E-state index in [-0.39, 0.29) is 5.91 Å². The van der Waals surface area contributed by atoms with Crippen molar-refractivity contribution in [3.8, 4) is 5.75 Å². The fraction of sp³-hybridized carbons (Fsp3) is 0.158. The summed E-state index contributed by atoms with van der Waals surface area (Å²) >= 11 is 0. The summed E-state index contributed by atoms with van der Waals surface area (Å²) in [6.45, 7) is 2.83. The summed E-state index contributed by atoms with van der Waals surface area (Å²) in [5.41, 5.74) is 2.62. The molecule has 0 bridgehead atoms. The lowest BCUT2D eigenvalue weighted by atomic mass is 10.1. The van der Waals surface area contributed by atoms with E-state index in [2.05, 4.69) is 10.3 Å². The molecule has 0 saturated heterocycles. The molecular weight excluding hydrogens is 288 g/mol. The van der Waals surface area contributed by atoms with Crippen molar-refractivity contribution >= 4 is 16.8 Å². The monoisotopic (exact) mass is 306 g/mol. The van der Waals surface area contributed by atoms with Crippen molar-refractivity contribution in [2.45, 2.75) is 6.92 Å². The minimum atomic E-state index is -0.0929. The van der Waals surface area contributed by atoms with Gasteiger partial charge in [-0.15, -0.1) is 0 Å². The molecule has 0 aliphatic rings. The first kappa shape index (κ1) is 15.0. The molecule has 0 fully saturated rings. The topological polar surface area (TPSA) is 51.2 Å². The normalized spacial score (nSPS) is 10.5. The van der Waals surface area contributed by atoms with Gasteiger partial charge in [0.25, 0.3) is 5.91 Å². The van der Waals surface area contributed by atoms with E-state index in [4.69, 9.17) is 4.74 Å². The van der Waals surface area contributed by atoms with Gasteiger partial charge in [0.15, 0.2) is 0 Å². The minimum absolute atomic E-state index is 0.0929. The average molecular weight is 306 g/mol. The number of rotatable bonds is 5. The summed E-state index contributed by atoms with van der Waals surface area (Å²) in [6, 6.07) is 17.2. The van der Waals surface area contributed by atoms with Crippen LogP contribution in [0.2, 0.25) is 0 Å². The zero-order valence-electron chi connectivity index (χ0n) is 13.0. The Morgan fingerprint density at radius 1 is 1.09 bits per heavy atom. The number of fused-ring (bicyclic) bond motifs is 1. The van der Waals surface area contributed by atoms with E-state index in [1.54, 1.807) is 6.20 Å². The van der Waals surface area contributed by atoms with Crippen LogP contribution in [0.3, 0.4) is 0 Å². The maximum Gasteiger partial charge on any atom is 0.251 e. The number of benzene rings is 2. The van der Waals surface area contributed by atoms with Crippen LogP contribution < -0.4 is 10.1 Å². The van der Waals surface area contributed by atoms with Gasteiger partial charge in [-0.1, -0.05) is 35.9 Å². The van der Waals surface area contributed by atoms with Gasteiger partial charge >= 0.3 is 0 Å². The average Bonchev–Trinajstić information content (AvgIpc) is 2.59. The Labute approximate surface area is 135 Å². The fourth-order valence-electron chi connectivity index (χ4n) is 2.33. The molecule has 0 aliphatic carbocycles. The Morgan fingerprint density at radius 3 is 2.70 bits per heavy atom. The summed E-state index contributed by atoms with van der Waals surface area (Å²) in [6.07, 6.45) is 1.74. The molecule has 3 aromatic rings. The Hall–Kier alpha value is -2.88. The molecule has 0 aliphatic heterocycles. The predicted octanol–water partition coefficient (Wildman–Crippen LogP) is 3.35. The van der Waals surface area contributed by atoms with Crippen molar-refractivity contribution < 1.29 is 9.53 Å². The lowest BCUT2D eigenvalue weighted by Crippen LogP contribution is -2.28. The van der Waals surface area contributed by atoms with Crippen LogP contribution >= 0.6 is 0 Å². The van der Waals surface area contributed by atoms with Gasteiger partial charge in [-0.05, 0) is 31.2 Å². The highest BCUT2D eigenvalue weighted by atomic mass is 16.5. The van der Waals surface area contributed by atoms with Gasteiger partial charge in [0, 0.05) is 17.1 Å². The number of nitrogens with one attached hydrogen (secondary N) is 1. The molecule has 0 unspecified atom stereocenters. The fourth-order valence-corrected chi connectivity index (χ4v) is 2.33. The van der Waals surface area contributed by atoms with Crippen LogP contribution in [0.1, 0.15) is 15.9 Å². The van der Waals surface area contributed by atoms with Crippen molar-refractivity contribution in [3.05, 3.63) is 71.9 Å². The molecule has 1 N–H and O–H groups in total. The number of carbonyl (C=O) groups excluding carboxylic acids is 1. The van der Waals surface area contributed by atoms with E-state index in [1.807, 2.05) is 61.5 Å². The second-order valence-corrected chi connectivity index (χ2v) is 5.30. The van der Waals surface area contributed by atoms with Crippen LogP contribution in [-0.4, -0.2) is 24.0 Å². The number of hydrogen-bond donors (Lipinski definition) is 1. The molecule has 1 amide bonds. The van der Waals surface area contributed by atoms with Crippen molar-refractivity contribution in [2.24, 2.45) is 0 Å². The maximum atomic E-state index is 12.0. The van der Waals surface area contributed by atoms with Gasteiger partial charge in [0.1, 0.15) is 17.9 Å². The van der Waals surface area contributed by atoms with E-state index in [0.717, 1.165) is 22.2 Å². The number of amides is 1. The Balaban J connectivity index is 1.55. The number of aromatic nitrogens is 1. The second kappa shape index (κ2) is 6.92. The van der Waals surface area contributed by atoms with E-state index < -0.39 is 0 Å². The molecule has 3 rings (SSSR count). The third kappa shape index (κ3) is 3.66. The van der Waals surface area contributed by atoms with Crippen LogP contribution in [0.15, 0.2) is 60.8 Å². The van der Waals surface area contributed by atoms with Crippen LogP contribution in [0.4, 0.5) is 0 Å². The largest absolute Gasteiger partial charge is 0.489 e. The van der Waals surface area contributed by atoms with Crippen molar-refractivity contribution in [1.29, 1.82) is 0 Å². The molecule has 2 aromatic carbocycles. The molecular formula is C19H18N2O2. The van der Waals surface area contributed by atoms with Crippen molar-refractivity contribution in [3.63, 3.8) is 0 Å². The molecule has 4 heteroatoms. The third-order valence-corrected chi connectivity index (χ3v) is 3.55. The molecule has 4 nitrogen and oxygen atoms in total. The van der Waals surface area contributed by atoms with Crippen LogP contribution in [0.25, 0.3) is 10.9 Å². The molecule has 116 valence electrons. The number of pyridine rings is 1. The highest BCUT2D eigenvalue weighted by Gasteiger charge is 2.05. The summed E-state index contributed by atoms with van der Waals surface area (Å²) in [4.78, 5) is 16.3. The smallest absolute Gasteiger partial charge is 0.251 e. The van der Waals surface area contributed by atoms with Gasteiger partial charge in [-0.3, -0.25) is 9.78 Å². The highest BCUT2D eigenvalue weighted by molar-refractivity contribution is 5.94. The molecule has 1 heterocycles. The lowest BCUT2D eigenvalue weighted by Gasteiger charge is -2.09. The van der Waals surface area contributed by atoms with Gasteiger partial charge in [0.05, 0.1) is 6.54 Å². The molecule has 0 radical (unpaired) electrons. The number of ether oxygens (including phenoxy) is 1. The lowest BCUT2D eigenvalue weighted by molar-refractivity contribution is 0.0947. The number of hydrogen-bond acceptors (Lipinski definition) is 3. The number of carbonyl (C=O) groups is 1. The predicted molar refractivity (Wildman–Crippen MR) is 90.8 cm³/mol. The van der Waals surface area contributed by atoms with Gasteiger partial charge in [-0.25, -0.2) is 0 Å². The van der Waals surface area contributed by atoms with Crippen molar-refractivity contribution in [1.82, 2.24) is 10.3 Å². The first-order valence-electron chi connectivity index (χ1n) is 7.55. The maximum absolute atomic E-state index is 12.0. The molecule has 0 saturated carbocycles. The quantitative estimate of drug-likeness (QED) is 0.735. The van der Waals surface area contributed by atoms with Crippen LogP contribution in [0.5, 0.6) is 5.75 Å². The standard InChI is InChI=1S/C19H18N2O2/c1-14-7-9-16(10-8-14)19(22)21-12-13-23-17-6-2-4-15-5-3-11-20-18(15)17/h2-11H,12-13H2,1H3,(H,21,22). The summed E-state index contributed by atoms with van der Waals surface area (Å²) in [5, 5.41) is 3.89. The number of aryl methyl sites for hydroxylation is 1. The molecule has 0 atom stereocenters. The first-order valence-corrected chi connectivity index (χ1v) is 7.55. The summed E-state index contributed by atoms with van der Waals surface area (Å²) < 4.78 is 5.75. The van der Waals surface area contributed by atoms with Gasteiger partial charge in [-0.2, -0.15) is 0 Å². The van der Waals surface area contributed by atoms with Crippen LogP contribution in [-0.2, 0) is 0 Å². The Kier molecular flexibility index (Phi) is 4.52. The third-order valence-electron chi connectivity index (χ3n) is 3.55. The molecule has 1 aromatic heterocycles.